The van der Waals surface area contributed by atoms with Gasteiger partial charge in [0.25, 0.3) is 0 Å². The molecule has 5 heteroatoms. The quantitative estimate of drug-likeness (QED) is 0.783. The van der Waals surface area contributed by atoms with Gasteiger partial charge in [-0.15, -0.1) is 0 Å². The number of hydrogen-bond donors (Lipinski definition) is 0. The van der Waals surface area contributed by atoms with Gasteiger partial charge in [0.2, 0.25) is 0 Å². The molecule has 1 saturated heterocycles. The highest BCUT2D eigenvalue weighted by Gasteiger charge is 2.73. The van der Waals surface area contributed by atoms with Gasteiger partial charge in [-0.1, -0.05) is 0 Å². The van der Waals surface area contributed by atoms with E-state index in [0.717, 1.165) is 38.8 Å². The topological polar surface area (TPSA) is 53.3 Å². The summed E-state index contributed by atoms with van der Waals surface area (Å²) >= 11 is 0. The van der Waals surface area contributed by atoms with Gasteiger partial charge in [-0.3, -0.25) is 4.79 Å². The van der Waals surface area contributed by atoms with E-state index in [0.29, 0.717) is 6.10 Å². The molecule has 0 unspecified atom stereocenters. The number of aromatic nitrogens is 2. The van der Waals surface area contributed by atoms with Crippen LogP contribution in [0.25, 0.3) is 0 Å². The first-order valence-corrected chi connectivity index (χ1v) is 7.31. The largest absolute Gasteiger partial charge is 0.469 e. The summed E-state index contributed by atoms with van der Waals surface area (Å²) in [6.45, 7) is 3.92. The van der Waals surface area contributed by atoms with E-state index in [1.807, 2.05) is 6.33 Å². The average Bonchev–Trinajstić information content (AvgIpc) is 2.63. The van der Waals surface area contributed by atoms with Crippen LogP contribution in [0.1, 0.15) is 37.1 Å². The van der Waals surface area contributed by atoms with Crippen molar-refractivity contribution in [3.8, 4) is 0 Å². The van der Waals surface area contributed by atoms with Crippen LogP contribution in [-0.2, 0) is 26.2 Å². The maximum Gasteiger partial charge on any atom is 0.311 e. The van der Waals surface area contributed by atoms with Gasteiger partial charge in [0.15, 0.2) is 0 Å². The van der Waals surface area contributed by atoms with Gasteiger partial charge in [0.05, 0.1) is 37.2 Å². The molecule has 0 aromatic carbocycles. The van der Waals surface area contributed by atoms with Crippen molar-refractivity contribution in [2.24, 2.45) is 5.41 Å². The molecule has 108 valence electrons. The number of imidazole rings is 1. The minimum atomic E-state index is -0.192. The first-order valence-electron chi connectivity index (χ1n) is 7.31. The fourth-order valence-electron chi connectivity index (χ4n) is 4.27. The van der Waals surface area contributed by atoms with Crippen LogP contribution < -0.4 is 0 Å². The van der Waals surface area contributed by atoms with Crippen molar-refractivity contribution in [3.05, 3.63) is 17.7 Å². The van der Waals surface area contributed by atoms with Gasteiger partial charge in [0.1, 0.15) is 0 Å². The van der Waals surface area contributed by atoms with Gasteiger partial charge in [-0.05, 0) is 32.6 Å². The summed E-state index contributed by atoms with van der Waals surface area (Å²) in [5, 5.41) is 0. The number of hydrogen-bond acceptors (Lipinski definition) is 4. The van der Waals surface area contributed by atoms with Crippen LogP contribution in [0.4, 0.5) is 0 Å². The van der Waals surface area contributed by atoms with Crippen LogP contribution >= 0.6 is 0 Å². The summed E-state index contributed by atoms with van der Waals surface area (Å²) < 4.78 is 12.6. The number of methoxy groups -OCH3 is 1. The summed E-state index contributed by atoms with van der Waals surface area (Å²) in [6, 6.07) is 0. The smallest absolute Gasteiger partial charge is 0.311 e. The van der Waals surface area contributed by atoms with Gasteiger partial charge >= 0.3 is 5.97 Å². The molecule has 3 saturated carbocycles. The second-order valence-corrected chi connectivity index (χ2v) is 6.69. The predicted octanol–water partition coefficient (Wildman–Crippen LogP) is 1.58. The SMILES string of the molecule is COC(=O)C12CC(c3ncn(C[C@@H]4CCO4)c3C)(C1)C2. The van der Waals surface area contributed by atoms with Crippen molar-refractivity contribution in [2.75, 3.05) is 13.7 Å². The number of nitrogens with zero attached hydrogens (tertiary/aromatic N) is 2. The highest BCUT2D eigenvalue weighted by molar-refractivity contribution is 5.82. The van der Waals surface area contributed by atoms with Crippen molar-refractivity contribution in [1.82, 2.24) is 9.55 Å². The van der Waals surface area contributed by atoms with Crippen molar-refractivity contribution in [3.63, 3.8) is 0 Å². The number of rotatable bonds is 4. The average molecular weight is 276 g/mol. The second-order valence-electron chi connectivity index (χ2n) is 6.69. The third-order valence-corrected chi connectivity index (χ3v) is 5.44. The van der Waals surface area contributed by atoms with Crippen molar-refractivity contribution >= 4 is 5.97 Å². The van der Waals surface area contributed by atoms with Gasteiger partial charge in [0, 0.05) is 17.7 Å². The van der Waals surface area contributed by atoms with E-state index in [4.69, 9.17) is 9.47 Å². The van der Waals surface area contributed by atoms with E-state index in [2.05, 4.69) is 16.5 Å². The molecule has 1 atom stereocenters. The number of carbonyl (C=O) groups is 1. The normalized spacial score (nSPS) is 37.6. The molecule has 0 N–H and O–H groups in total. The van der Waals surface area contributed by atoms with E-state index < -0.39 is 0 Å². The lowest BCUT2D eigenvalue weighted by molar-refractivity contribution is -0.198. The van der Waals surface area contributed by atoms with Crippen LogP contribution in [0.5, 0.6) is 0 Å². The molecule has 4 fully saturated rings. The third kappa shape index (κ3) is 1.41. The van der Waals surface area contributed by atoms with E-state index in [-0.39, 0.29) is 16.8 Å². The van der Waals surface area contributed by atoms with Crippen molar-refractivity contribution in [1.29, 1.82) is 0 Å². The minimum absolute atomic E-state index is 0.0423. The zero-order chi connectivity index (χ0) is 14.0. The van der Waals surface area contributed by atoms with Gasteiger partial charge in [-0.25, -0.2) is 4.98 Å². The Labute approximate surface area is 118 Å². The summed E-state index contributed by atoms with van der Waals surface area (Å²) in [7, 11) is 1.48. The zero-order valence-corrected chi connectivity index (χ0v) is 12.0. The summed E-state index contributed by atoms with van der Waals surface area (Å²) in [5.74, 6) is -0.0423. The molecular weight excluding hydrogens is 256 g/mol. The summed E-state index contributed by atoms with van der Waals surface area (Å²) in [4.78, 5) is 16.4. The van der Waals surface area contributed by atoms with Crippen LogP contribution in [-0.4, -0.2) is 35.3 Å². The van der Waals surface area contributed by atoms with E-state index >= 15 is 0 Å². The number of esters is 1. The van der Waals surface area contributed by atoms with Crippen molar-refractivity contribution in [2.45, 2.75) is 50.7 Å². The standard InChI is InChI=1S/C15H20N2O3/c1-10-12(16-9-17(10)5-11-3-4-20-11)14-6-15(7-14,8-14)13(18)19-2/h9,11H,3-8H2,1-2H3/t11-,14?,15?/m0/s1. The van der Waals surface area contributed by atoms with E-state index in [1.54, 1.807) is 0 Å². The van der Waals surface area contributed by atoms with Crippen molar-refractivity contribution < 1.29 is 14.3 Å². The monoisotopic (exact) mass is 276 g/mol. The Morgan fingerprint density at radius 3 is 2.80 bits per heavy atom. The van der Waals surface area contributed by atoms with Crippen LogP contribution in [0.3, 0.4) is 0 Å². The Morgan fingerprint density at radius 2 is 2.25 bits per heavy atom. The van der Waals surface area contributed by atoms with Crippen LogP contribution in [0.15, 0.2) is 6.33 Å². The predicted molar refractivity (Wildman–Crippen MR) is 71.3 cm³/mol. The second kappa shape index (κ2) is 3.85. The minimum Gasteiger partial charge on any atom is -0.469 e. The maximum absolute atomic E-state index is 11.7. The lowest BCUT2D eigenvalue weighted by Crippen LogP contribution is -2.68. The highest BCUT2D eigenvalue weighted by Crippen LogP contribution is 2.74. The molecule has 2 heterocycles. The van der Waals surface area contributed by atoms with Crippen LogP contribution in [0.2, 0.25) is 0 Å². The van der Waals surface area contributed by atoms with Gasteiger partial charge in [-0.2, -0.15) is 0 Å². The molecule has 2 bridgehead atoms. The van der Waals surface area contributed by atoms with E-state index in [1.165, 1.54) is 18.5 Å². The van der Waals surface area contributed by atoms with Gasteiger partial charge < -0.3 is 14.0 Å². The molecule has 0 radical (unpaired) electrons. The highest BCUT2D eigenvalue weighted by atomic mass is 16.5. The molecular formula is C15H20N2O3. The molecule has 1 aromatic rings. The zero-order valence-electron chi connectivity index (χ0n) is 12.0. The Bertz CT molecular complexity index is 554. The Hall–Kier alpha value is -1.36. The molecule has 3 aliphatic carbocycles. The lowest BCUT2D eigenvalue weighted by atomic mass is 9.34. The third-order valence-electron chi connectivity index (χ3n) is 5.44. The lowest BCUT2D eigenvalue weighted by Gasteiger charge is -2.68. The van der Waals surface area contributed by atoms with E-state index in [9.17, 15) is 4.79 Å². The molecule has 1 aliphatic heterocycles. The Morgan fingerprint density at radius 1 is 1.55 bits per heavy atom. The number of ether oxygens (including phenoxy) is 2. The first-order chi connectivity index (χ1) is 9.58. The maximum atomic E-state index is 11.7. The van der Waals surface area contributed by atoms with Crippen LogP contribution in [0, 0.1) is 12.3 Å². The molecule has 20 heavy (non-hydrogen) atoms. The molecule has 0 spiro atoms. The fraction of sp³-hybridized carbons (Fsp3) is 0.733. The molecule has 5 rings (SSSR count). The summed E-state index contributed by atoms with van der Waals surface area (Å²) in [5.41, 5.74) is 2.37. The molecule has 1 aromatic heterocycles. The Balaban J connectivity index is 1.50. The first kappa shape index (κ1) is 12.4. The molecule has 0 amide bonds. The molecule has 4 aliphatic rings. The Kier molecular flexibility index (Phi) is 2.38. The summed E-state index contributed by atoms with van der Waals surface area (Å²) in [6.07, 6.45) is 6.14. The molecule has 5 nitrogen and oxygen atoms in total. The number of carbonyl (C=O) groups excluding carboxylic acids is 1. The fourth-order valence-corrected chi connectivity index (χ4v) is 4.27.